The summed E-state index contributed by atoms with van der Waals surface area (Å²) >= 11 is 1.61. The van der Waals surface area contributed by atoms with Gasteiger partial charge in [-0.3, -0.25) is 5.10 Å². The SMILES string of the molecule is CCNCc1n[nH]c(C)c1S(=O)(=O)NCCc1ccsc1. The standard InChI is InChI=1S/C13H20N4O2S2/c1-3-14-8-12-13(10(2)16-17-12)21(18,19)15-6-4-11-5-7-20-9-11/h5,7,9,14-15H,3-4,6,8H2,1-2H3,(H,16,17). The van der Waals surface area contributed by atoms with Crippen LogP contribution in [0.5, 0.6) is 0 Å². The molecule has 0 aliphatic rings. The Bertz CT molecular complexity index is 662. The molecule has 0 atom stereocenters. The van der Waals surface area contributed by atoms with Crippen LogP contribution in [0.2, 0.25) is 0 Å². The van der Waals surface area contributed by atoms with Crippen molar-refractivity contribution < 1.29 is 8.42 Å². The number of sulfonamides is 1. The van der Waals surface area contributed by atoms with Crippen molar-refractivity contribution in [2.24, 2.45) is 0 Å². The Morgan fingerprint density at radius 3 is 2.90 bits per heavy atom. The van der Waals surface area contributed by atoms with Gasteiger partial charge in [-0.05, 0) is 42.3 Å². The minimum Gasteiger partial charge on any atom is -0.311 e. The highest BCUT2D eigenvalue weighted by Crippen LogP contribution is 2.17. The molecule has 0 unspecified atom stereocenters. The summed E-state index contributed by atoms with van der Waals surface area (Å²) < 4.78 is 27.5. The van der Waals surface area contributed by atoms with Gasteiger partial charge in [-0.25, -0.2) is 13.1 Å². The van der Waals surface area contributed by atoms with E-state index in [9.17, 15) is 8.42 Å². The molecule has 0 radical (unpaired) electrons. The summed E-state index contributed by atoms with van der Waals surface area (Å²) in [4.78, 5) is 0.258. The molecule has 2 aromatic heterocycles. The average Bonchev–Trinajstić information content (AvgIpc) is 3.06. The van der Waals surface area contributed by atoms with Gasteiger partial charge in [0.05, 0.1) is 11.4 Å². The number of thiophene rings is 1. The van der Waals surface area contributed by atoms with Crippen LogP contribution in [0.3, 0.4) is 0 Å². The molecule has 0 aliphatic heterocycles. The van der Waals surface area contributed by atoms with Crippen LogP contribution in [0, 0.1) is 6.92 Å². The third kappa shape index (κ3) is 4.13. The fourth-order valence-corrected chi connectivity index (χ4v) is 4.12. The summed E-state index contributed by atoms with van der Waals surface area (Å²) in [5.41, 5.74) is 2.22. The Hall–Kier alpha value is -1.22. The first-order chi connectivity index (χ1) is 10.0. The molecule has 2 aromatic rings. The zero-order valence-corrected chi connectivity index (χ0v) is 13.8. The maximum atomic E-state index is 12.4. The lowest BCUT2D eigenvalue weighted by Crippen LogP contribution is -2.27. The van der Waals surface area contributed by atoms with Crippen LogP contribution in [0.1, 0.15) is 23.9 Å². The molecule has 116 valence electrons. The molecule has 2 heterocycles. The van der Waals surface area contributed by atoms with Gasteiger partial charge in [0.25, 0.3) is 0 Å². The summed E-state index contributed by atoms with van der Waals surface area (Å²) in [6.45, 7) is 5.26. The van der Waals surface area contributed by atoms with E-state index in [4.69, 9.17) is 0 Å². The Balaban J connectivity index is 2.06. The fraction of sp³-hybridized carbons (Fsp3) is 0.462. The molecule has 0 bridgehead atoms. The first kappa shape index (κ1) is 16.2. The van der Waals surface area contributed by atoms with Crippen LogP contribution < -0.4 is 10.0 Å². The lowest BCUT2D eigenvalue weighted by Gasteiger charge is -2.08. The fourth-order valence-electron chi connectivity index (χ4n) is 2.03. The third-order valence-corrected chi connectivity index (χ3v) is 5.45. The second-order valence-electron chi connectivity index (χ2n) is 4.68. The van der Waals surface area contributed by atoms with Crippen molar-refractivity contribution in [1.82, 2.24) is 20.2 Å². The van der Waals surface area contributed by atoms with Gasteiger partial charge in [0.1, 0.15) is 4.90 Å². The predicted molar refractivity (Wildman–Crippen MR) is 83.9 cm³/mol. The Morgan fingerprint density at radius 2 is 2.24 bits per heavy atom. The number of H-pyrrole nitrogens is 1. The average molecular weight is 328 g/mol. The van der Waals surface area contributed by atoms with E-state index in [-0.39, 0.29) is 4.90 Å². The molecule has 6 nitrogen and oxygen atoms in total. The van der Waals surface area contributed by atoms with E-state index in [1.165, 1.54) is 0 Å². The number of aryl methyl sites for hydroxylation is 1. The molecule has 3 N–H and O–H groups in total. The lowest BCUT2D eigenvalue weighted by molar-refractivity contribution is 0.578. The number of aromatic amines is 1. The monoisotopic (exact) mass is 328 g/mol. The zero-order valence-electron chi connectivity index (χ0n) is 12.1. The molecule has 0 aromatic carbocycles. The lowest BCUT2D eigenvalue weighted by atomic mass is 10.2. The van der Waals surface area contributed by atoms with Crippen LogP contribution in [0.15, 0.2) is 21.7 Å². The summed E-state index contributed by atoms with van der Waals surface area (Å²) in [7, 11) is -3.54. The maximum absolute atomic E-state index is 12.4. The maximum Gasteiger partial charge on any atom is 0.244 e. The van der Waals surface area contributed by atoms with Crippen LogP contribution in [0.4, 0.5) is 0 Å². The molecule has 21 heavy (non-hydrogen) atoms. The second kappa shape index (κ2) is 7.17. The van der Waals surface area contributed by atoms with Crippen molar-refractivity contribution in [3.8, 4) is 0 Å². The van der Waals surface area contributed by atoms with Gasteiger partial charge in [-0.2, -0.15) is 16.4 Å². The van der Waals surface area contributed by atoms with E-state index in [2.05, 4.69) is 20.2 Å². The van der Waals surface area contributed by atoms with Crippen molar-refractivity contribution >= 4 is 21.4 Å². The Kier molecular flexibility index (Phi) is 5.51. The first-order valence-electron chi connectivity index (χ1n) is 6.80. The molecular formula is C13H20N4O2S2. The van der Waals surface area contributed by atoms with Crippen LogP contribution >= 0.6 is 11.3 Å². The number of aromatic nitrogens is 2. The number of nitrogens with one attached hydrogen (secondary N) is 3. The topological polar surface area (TPSA) is 86.9 Å². The molecule has 8 heteroatoms. The minimum absolute atomic E-state index is 0.258. The quantitative estimate of drug-likeness (QED) is 0.684. The van der Waals surface area contributed by atoms with Gasteiger partial charge in [0, 0.05) is 13.1 Å². The van der Waals surface area contributed by atoms with Gasteiger partial charge in [0.15, 0.2) is 0 Å². The van der Waals surface area contributed by atoms with E-state index in [0.29, 0.717) is 30.9 Å². The summed E-state index contributed by atoms with van der Waals surface area (Å²) in [5, 5.41) is 13.9. The largest absolute Gasteiger partial charge is 0.311 e. The molecule has 0 amide bonds. The van der Waals surface area contributed by atoms with Crippen LogP contribution in [-0.2, 0) is 23.0 Å². The summed E-state index contributed by atoms with van der Waals surface area (Å²) in [5.74, 6) is 0. The summed E-state index contributed by atoms with van der Waals surface area (Å²) in [6.07, 6.45) is 0.683. The van der Waals surface area contributed by atoms with E-state index >= 15 is 0 Å². The van der Waals surface area contributed by atoms with Crippen molar-refractivity contribution in [3.05, 3.63) is 33.8 Å². The molecule has 0 saturated carbocycles. The van der Waals surface area contributed by atoms with Gasteiger partial charge in [0.2, 0.25) is 10.0 Å². The molecule has 2 rings (SSSR count). The first-order valence-corrected chi connectivity index (χ1v) is 9.22. The molecule has 0 spiro atoms. The smallest absolute Gasteiger partial charge is 0.244 e. The van der Waals surface area contributed by atoms with Crippen LogP contribution in [-0.4, -0.2) is 31.7 Å². The summed E-state index contributed by atoms with van der Waals surface area (Å²) in [6, 6.07) is 2.00. The van der Waals surface area contributed by atoms with Crippen molar-refractivity contribution in [3.63, 3.8) is 0 Å². The number of rotatable bonds is 8. The Morgan fingerprint density at radius 1 is 1.43 bits per heavy atom. The number of nitrogens with zero attached hydrogens (tertiary/aromatic N) is 1. The minimum atomic E-state index is -3.54. The molecule has 0 fully saturated rings. The van der Waals surface area contributed by atoms with Gasteiger partial charge in [-0.1, -0.05) is 6.92 Å². The second-order valence-corrected chi connectivity index (χ2v) is 7.17. The normalized spacial score (nSPS) is 11.9. The van der Waals surface area contributed by atoms with Crippen molar-refractivity contribution in [1.29, 1.82) is 0 Å². The molecule has 0 aliphatic carbocycles. The third-order valence-electron chi connectivity index (χ3n) is 3.06. The zero-order chi connectivity index (χ0) is 15.3. The van der Waals surface area contributed by atoms with E-state index in [1.807, 2.05) is 23.8 Å². The van der Waals surface area contributed by atoms with E-state index in [1.54, 1.807) is 18.3 Å². The van der Waals surface area contributed by atoms with Crippen LogP contribution in [0.25, 0.3) is 0 Å². The number of hydrogen-bond donors (Lipinski definition) is 3. The molecule has 0 saturated heterocycles. The van der Waals surface area contributed by atoms with E-state index in [0.717, 1.165) is 12.1 Å². The molecular weight excluding hydrogens is 308 g/mol. The Labute approximate surface area is 129 Å². The number of hydrogen-bond acceptors (Lipinski definition) is 5. The van der Waals surface area contributed by atoms with Gasteiger partial charge >= 0.3 is 0 Å². The highest BCUT2D eigenvalue weighted by molar-refractivity contribution is 7.89. The van der Waals surface area contributed by atoms with Gasteiger partial charge in [-0.15, -0.1) is 0 Å². The van der Waals surface area contributed by atoms with Crippen molar-refractivity contribution in [2.45, 2.75) is 31.7 Å². The highest BCUT2D eigenvalue weighted by atomic mass is 32.2. The predicted octanol–water partition coefficient (Wildman–Crippen LogP) is 1.41. The highest BCUT2D eigenvalue weighted by Gasteiger charge is 2.23. The van der Waals surface area contributed by atoms with E-state index < -0.39 is 10.0 Å². The van der Waals surface area contributed by atoms with Gasteiger partial charge < -0.3 is 5.32 Å². The van der Waals surface area contributed by atoms with Crippen molar-refractivity contribution in [2.75, 3.05) is 13.1 Å².